The Morgan fingerprint density at radius 3 is 2.29 bits per heavy atom. The summed E-state index contributed by atoms with van der Waals surface area (Å²) < 4.78 is 10.5. The van der Waals surface area contributed by atoms with Gasteiger partial charge in [0.2, 0.25) is 5.91 Å². The van der Waals surface area contributed by atoms with Crippen molar-refractivity contribution in [2.24, 2.45) is 0 Å². The largest absolute Gasteiger partial charge is 0.497 e. The number of hydrogen-bond acceptors (Lipinski definition) is 4. The van der Waals surface area contributed by atoms with E-state index >= 15 is 0 Å². The monoisotopic (exact) mass is 328 g/mol. The minimum atomic E-state index is -0.429. The van der Waals surface area contributed by atoms with Crippen LogP contribution in [0.5, 0.6) is 11.5 Å². The molecule has 2 N–H and O–H groups in total. The fourth-order valence-corrected chi connectivity index (χ4v) is 2.01. The molecule has 2 aromatic carbocycles. The first-order valence-corrected chi connectivity index (χ1v) is 7.47. The number of hydrogen-bond donors (Lipinski definition) is 2. The Morgan fingerprint density at radius 1 is 0.958 bits per heavy atom. The standard InChI is InChI=1S/C18H20N2O4/c1-13-5-3-4-6-16(13)24-12-18(22)20-19-17(21)11-14-7-9-15(23-2)10-8-14/h3-10H,11-12H2,1-2H3,(H,19,21)(H,20,22). The summed E-state index contributed by atoms with van der Waals surface area (Å²) in [4.78, 5) is 23.5. The summed E-state index contributed by atoms with van der Waals surface area (Å²) in [7, 11) is 1.58. The third-order valence-electron chi connectivity index (χ3n) is 3.32. The van der Waals surface area contributed by atoms with E-state index in [-0.39, 0.29) is 18.9 Å². The van der Waals surface area contributed by atoms with Crippen LogP contribution in [0.2, 0.25) is 0 Å². The van der Waals surface area contributed by atoms with Gasteiger partial charge in [-0.15, -0.1) is 0 Å². The highest BCUT2D eigenvalue weighted by atomic mass is 16.5. The quantitative estimate of drug-likeness (QED) is 0.793. The van der Waals surface area contributed by atoms with Gasteiger partial charge in [0.25, 0.3) is 5.91 Å². The van der Waals surface area contributed by atoms with E-state index in [1.807, 2.05) is 25.1 Å². The lowest BCUT2D eigenvalue weighted by Crippen LogP contribution is -2.44. The Balaban J connectivity index is 1.72. The van der Waals surface area contributed by atoms with Crippen molar-refractivity contribution in [3.8, 4) is 11.5 Å². The number of carbonyl (C=O) groups is 2. The number of rotatable bonds is 6. The highest BCUT2D eigenvalue weighted by molar-refractivity contribution is 5.83. The average molecular weight is 328 g/mol. The summed E-state index contributed by atoms with van der Waals surface area (Å²) in [5.74, 6) is 0.615. The maximum absolute atomic E-state index is 11.8. The highest BCUT2D eigenvalue weighted by Gasteiger charge is 2.07. The summed E-state index contributed by atoms with van der Waals surface area (Å²) in [5.41, 5.74) is 6.44. The van der Waals surface area contributed by atoms with Crippen LogP contribution in [0.25, 0.3) is 0 Å². The van der Waals surface area contributed by atoms with Crippen LogP contribution in [0.15, 0.2) is 48.5 Å². The third kappa shape index (κ3) is 5.31. The Morgan fingerprint density at radius 2 is 1.62 bits per heavy atom. The van der Waals surface area contributed by atoms with Crippen LogP contribution >= 0.6 is 0 Å². The molecule has 24 heavy (non-hydrogen) atoms. The van der Waals surface area contributed by atoms with Crippen LogP contribution in [0.3, 0.4) is 0 Å². The van der Waals surface area contributed by atoms with Gasteiger partial charge in [-0.2, -0.15) is 0 Å². The minimum absolute atomic E-state index is 0.156. The van der Waals surface area contributed by atoms with Gasteiger partial charge in [0.1, 0.15) is 11.5 Å². The maximum atomic E-state index is 11.8. The second-order valence-corrected chi connectivity index (χ2v) is 5.18. The Bertz CT molecular complexity index is 698. The van der Waals surface area contributed by atoms with Crippen molar-refractivity contribution in [2.75, 3.05) is 13.7 Å². The van der Waals surface area contributed by atoms with Crippen molar-refractivity contribution in [1.82, 2.24) is 10.9 Å². The van der Waals surface area contributed by atoms with Crippen molar-refractivity contribution < 1.29 is 19.1 Å². The zero-order valence-electron chi connectivity index (χ0n) is 13.7. The molecule has 2 amide bonds. The zero-order valence-corrected chi connectivity index (χ0v) is 13.7. The smallest absolute Gasteiger partial charge is 0.276 e. The molecule has 6 heteroatoms. The average Bonchev–Trinajstić information content (AvgIpc) is 2.60. The number of ether oxygens (including phenoxy) is 2. The van der Waals surface area contributed by atoms with Crippen LogP contribution in [-0.2, 0) is 16.0 Å². The van der Waals surface area contributed by atoms with E-state index in [1.54, 1.807) is 37.4 Å². The number of para-hydroxylation sites is 1. The first kappa shape index (κ1) is 17.3. The zero-order chi connectivity index (χ0) is 17.4. The molecule has 0 aliphatic heterocycles. The number of amides is 2. The second-order valence-electron chi connectivity index (χ2n) is 5.18. The van der Waals surface area contributed by atoms with Crippen LogP contribution in [0.4, 0.5) is 0 Å². The van der Waals surface area contributed by atoms with Crippen molar-refractivity contribution in [3.05, 3.63) is 59.7 Å². The first-order valence-electron chi connectivity index (χ1n) is 7.47. The second kappa shape index (κ2) is 8.57. The van der Waals surface area contributed by atoms with Crippen LogP contribution in [0.1, 0.15) is 11.1 Å². The lowest BCUT2D eigenvalue weighted by Gasteiger charge is -2.10. The summed E-state index contributed by atoms with van der Waals surface area (Å²) in [6.45, 7) is 1.72. The fraction of sp³-hybridized carbons (Fsp3) is 0.222. The molecular weight excluding hydrogens is 308 g/mol. The van der Waals surface area contributed by atoms with Gasteiger partial charge in [0.15, 0.2) is 6.61 Å². The number of hydrazine groups is 1. The molecule has 0 heterocycles. The molecule has 0 saturated heterocycles. The topological polar surface area (TPSA) is 76.7 Å². The Hall–Kier alpha value is -3.02. The van der Waals surface area contributed by atoms with Crippen molar-refractivity contribution in [3.63, 3.8) is 0 Å². The van der Waals surface area contributed by atoms with Crippen LogP contribution in [-0.4, -0.2) is 25.5 Å². The van der Waals surface area contributed by atoms with Gasteiger partial charge in [-0.25, -0.2) is 0 Å². The molecule has 0 saturated carbocycles. The molecule has 0 radical (unpaired) electrons. The molecule has 6 nitrogen and oxygen atoms in total. The molecule has 2 aromatic rings. The predicted molar refractivity (Wildman–Crippen MR) is 89.7 cm³/mol. The van der Waals surface area contributed by atoms with Gasteiger partial charge in [0.05, 0.1) is 13.5 Å². The molecule has 126 valence electrons. The number of benzene rings is 2. The number of carbonyl (C=O) groups excluding carboxylic acids is 2. The molecule has 0 spiro atoms. The number of aryl methyl sites for hydroxylation is 1. The van der Waals surface area contributed by atoms with E-state index in [0.29, 0.717) is 5.75 Å². The van der Waals surface area contributed by atoms with E-state index in [4.69, 9.17) is 9.47 Å². The predicted octanol–water partition coefficient (Wildman–Crippen LogP) is 1.77. The molecule has 0 atom stereocenters. The molecule has 2 rings (SSSR count). The molecular formula is C18H20N2O4. The molecule has 0 unspecified atom stereocenters. The summed E-state index contributed by atoms with van der Waals surface area (Å²) in [5, 5.41) is 0. The Labute approximate surface area is 140 Å². The SMILES string of the molecule is COc1ccc(CC(=O)NNC(=O)COc2ccccc2C)cc1. The van der Waals surface area contributed by atoms with Gasteiger partial charge in [-0.05, 0) is 36.2 Å². The van der Waals surface area contributed by atoms with Gasteiger partial charge in [0, 0.05) is 0 Å². The number of nitrogens with one attached hydrogen (secondary N) is 2. The first-order chi connectivity index (χ1) is 11.6. The third-order valence-corrected chi connectivity index (χ3v) is 3.32. The van der Waals surface area contributed by atoms with E-state index in [1.165, 1.54) is 0 Å². The van der Waals surface area contributed by atoms with E-state index in [0.717, 1.165) is 16.9 Å². The molecule has 0 aliphatic carbocycles. The van der Waals surface area contributed by atoms with Crippen LogP contribution in [0, 0.1) is 6.92 Å². The minimum Gasteiger partial charge on any atom is -0.497 e. The van der Waals surface area contributed by atoms with Crippen LogP contribution < -0.4 is 20.3 Å². The van der Waals surface area contributed by atoms with Gasteiger partial charge >= 0.3 is 0 Å². The molecule has 0 bridgehead atoms. The van der Waals surface area contributed by atoms with Crippen molar-refractivity contribution >= 4 is 11.8 Å². The fourth-order valence-electron chi connectivity index (χ4n) is 2.01. The maximum Gasteiger partial charge on any atom is 0.276 e. The van der Waals surface area contributed by atoms with E-state index < -0.39 is 5.91 Å². The molecule has 0 aliphatic rings. The summed E-state index contributed by atoms with van der Waals surface area (Å²) >= 11 is 0. The molecule has 0 aromatic heterocycles. The molecule has 0 fully saturated rings. The number of methoxy groups -OCH3 is 1. The summed E-state index contributed by atoms with van der Waals surface area (Å²) in [6, 6.07) is 14.5. The van der Waals surface area contributed by atoms with Crippen molar-refractivity contribution in [2.45, 2.75) is 13.3 Å². The van der Waals surface area contributed by atoms with E-state index in [9.17, 15) is 9.59 Å². The van der Waals surface area contributed by atoms with Crippen molar-refractivity contribution in [1.29, 1.82) is 0 Å². The lowest BCUT2D eigenvalue weighted by molar-refractivity contribution is -0.129. The van der Waals surface area contributed by atoms with Gasteiger partial charge < -0.3 is 9.47 Å². The lowest BCUT2D eigenvalue weighted by atomic mass is 10.1. The summed E-state index contributed by atoms with van der Waals surface area (Å²) in [6.07, 6.45) is 0.156. The van der Waals surface area contributed by atoms with Gasteiger partial charge in [-0.1, -0.05) is 30.3 Å². The normalized spacial score (nSPS) is 9.92. The van der Waals surface area contributed by atoms with E-state index in [2.05, 4.69) is 10.9 Å². The van der Waals surface area contributed by atoms with Gasteiger partial charge in [-0.3, -0.25) is 20.4 Å². The Kier molecular flexibility index (Phi) is 6.19. The highest BCUT2D eigenvalue weighted by Crippen LogP contribution is 2.15.